The van der Waals surface area contributed by atoms with Crippen LogP contribution in [0.4, 0.5) is 26.3 Å². The molecule has 4 N–H and O–H groups in total. The minimum Gasteiger partial charge on any atom is -0.508 e. The third-order valence-corrected chi connectivity index (χ3v) is 7.86. The Labute approximate surface area is 261 Å². The van der Waals surface area contributed by atoms with Gasteiger partial charge in [-0.15, -0.1) is 0 Å². The highest BCUT2D eigenvalue weighted by molar-refractivity contribution is 5.47. The molecular weight excluding hydrogens is 610 g/mol. The van der Waals surface area contributed by atoms with Gasteiger partial charge in [0.25, 0.3) is 0 Å². The first-order valence-electron chi connectivity index (χ1n) is 13.9. The Hall–Kier alpha value is -5.12. The predicted molar refractivity (Wildman–Crippen MR) is 162 cm³/mol. The van der Waals surface area contributed by atoms with E-state index in [1.54, 1.807) is 24.3 Å². The number of hydrogen-bond acceptors (Lipinski definition) is 4. The van der Waals surface area contributed by atoms with Gasteiger partial charge in [-0.2, -0.15) is 26.3 Å². The Morgan fingerprint density at radius 2 is 0.696 bits per heavy atom. The van der Waals surface area contributed by atoms with Crippen molar-refractivity contribution in [1.29, 1.82) is 0 Å². The van der Waals surface area contributed by atoms with Crippen LogP contribution in [0.15, 0.2) is 127 Å². The summed E-state index contributed by atoms with van der Waals surface area (Å²) in [6.45, 7) is 2.19. The summed E-state index contributed by atoms with van der Waals surface area (Å²) in [6.07, 6.45) is -10.6. The van der Waals surface area contributed by atoms with E-state index < -0.39 is 40.4 Å². The van der Waals surface area contributed by atoms with Crippen molar-refractivity contribution in [3.8, 4) is 23.0 Å². The number of halogens is 6. The Morgan fingerprint density at radius 1 is 0.413 bits per heavy atom. The fourth-order valence-electron chi connectivity index (χ4n) is 5.44. The van der Waals surface area contributed by atoms with Crippen molar-refractivity contribution >= 4 is 0 Å². The van der Waals surface area contributed by atoms with Gasteiger partial charge in [-0.05, 0) is 82.8 Å². The number of phenols is 4. The van der Waals surface area contributed by atoms with Crippen molar-refractivity contribution in [2.45, 2.75) is 36.5 Å². The molecule has 0 amide bonds. The third kappa shape index (κ3) is 6.91. The molecule has 5 aromatic rings. The van der Waals surface area contributed by atoms with Crippen molar-refractivity contribution in [2.24, 2.45) is 0 Å². The molecule has 0 radical (unpaired) electrons. The number of alkyl halides is 6. The molecule has 5 aromatic carbocycles. The molecule has 240 valence electrons. The van der Waals surface area contributed by atoms with E-state index >= 15 is 0 Å². The molecule has 0 aliphatic rings. The zero-order valence-electron chi connectivity index (χ0n) is 24.4. The minimum absolute atomic E-state index is 0.247. The molecule has 0 saturated heterocycles. The van der Waals surface area contributed by atoms with Gasteiger partial charge >= 0.3 is 12.4 Å². The Morgan fingerprint density at radius 3 is 0.978 bits per heavy atom. The molecule has 10 heteroatoms. The average Bonchev–Trinajstić information content (AvgIpc) is 2.99. The summed E-state index contributed by atoms with van der Waals surface area (Å²) in [5.74, 6) is -0.390. The van der Waals surface area contributed by atoms with Crippen molar-refractivity contribution < 1.29 is 46.8 Å². The van der Waals surface area contributed by atoms with Crippen LogP contribution in [-0.2, 0) is 17.3 Å². The molecule has 4 nitrogen and oxygen atoms in total. The summed E-state index contributed by atoms with van der Waals surface area (Å²) in [6, 6.07) is 30.4. The van der Waals surface area contributed by atoms with Crippen LogP contribution in [0.25, 0.3) is 0 Å². The quantitative estimate of drug-likeness (QED) is 0.140. The number of aromatic hydroxyl groups is 4. The van der Waals surface area contributed by atoms with Gasteiger partial charge in [0, 0.05) is 5.41 Å². The van der Waals surface area contributed by atoms with Crippen molar-refractivity contribution in [3.05, 3.63) is 155 Å². The molecule has 0 unspecified atom stereocenters. The number of phenolic OH excluding ortho intramolecular Hbond substituents is 4. The van der Waals surface area contributed by atoms with Crippen LogP contribution in [0.2, 0.25) is 0 Å². The highest BCUT2D eigenvalue weighted by Gasteiger charge is 2.72. The van der Waals surface area contributed by atoms with E-state index in [0.29, 0.717) is 24.3 Å². The van der Waals surface area contributed by atoms with Gasteiger partial charge in [0.15, 0.2) is 0 Å². The van der Waals surface area contributed by atoms with Crippen molar-refractivity contribution in [2.75, 3.05) is 0 Å². The van der Waals surface area contributed by atoms with Gasteiger partial charge in [-0.3, -0.25) is 0 Å². The summed E-state index contributed by atoms with van der Waals surface area (Å²) in [4.78, 5) is 0. The number of rotatable bonds is 6. The Balaban J connectivity index is 0.000000209. The summed E-state index contributed by atoms with van der Waals surface area (Å²) < 4.78 is 81.6. The molecule has 0 heterocycles. The largest absolute Gasteiger partial charge is 0.508 e. The second-order valence-corrected chi connectivity index (χ2v) is 10.9. The summed E-state index contributed by atoms with van der Waals surface area (Å²) in [5.41, 5.74) is -3.18. The van der Waals surface area contributed by atoms with Crippen LogP contribution in [0.3, 0.4) is 0 Å². The molecule has 0 fully saturated rings. The minimum atomic E-state index is -5.70. The van der Waals surface area contributed by atoms with E-state index in [1.807, 2.05) is 42.5 Å². The van der Waals surface area contributed by atoms with Gasteiger partial charge in [0.2, 0.25) is 5.41 Å². The van der Waals surface area contributed by atoms with Crippen LogP contribution >= 0.6 is 0 Å². The third-order valence-electron chi connectivity index (χ3n) is 7.86. The van der Waals surface area contributed by atoms with E-state index in [4.69, 9.17) is 10.2 Å². The highest BCUT2D eigenvalue weighted by Crippen LogP contribution is 2.56. The predicted octanol–water partition coefficient (Wildman–Crippen LogP) is 9.15. The van der Waals surface area contributed by atoms with Gasteiger partial charge in [-0.1, -0.05) is 85.8 Å². The smallest absolute Gasteiger partial charge is 0.411 e. The first kappa shape index (κ1) is 33.8. The molecule has 0 aliphatic heterocycles. The van der Waals surface area contributed by atoms with E-state index in [0.717, 1.165) is 41.8 Å². The molecule has 0 atom stereocenters. The van der Waals surface area contributed by atoms with Gasteiger partial charge < -0.3 is 20.4 Å². The second kappa shape index (κ2) is 13.1. The summed E-state index contributed by atoms with van der Waals surface area (Å²) >= 11 is 0. The standard InChI is InChI=1S/C21H20O2.C15H10F6O2/c1-21(15-16-5-3-2-4-6-16,17-7-11-19(22)12-8-17)18-9-13-20(23)14-10-18;16-14(17,18)13(15(19,20)21,9-1-5-11(22)6-2-9)10-3-7-12(23)8-4-10/h2-14,22-23H,15H2,1H3;1-8,22-23H. The maximum atomic E-state index is 13.6. The van der Waals surface area contributed by atoms with E-state index in [-0.39, 0.29) is 16.9 Å². The van der Waals surface area contributed by atoms with E-state index in [9.17, 15) is 36.6 Å². The van der Waals surface area contributed by atoms with Crippen LogP contribution in [-0.4, -0.2) is 32.8 Å². The van der Waals surface area contributed by atoms with E-state index in [2.05, 4.69) is 19.1 Å². The van der Waals surface area contributed by atoms with Gasteiger partial charge in [-0.25, -0.2) is 0 Å². The number of benzene rings is 5. The SMILES string of the molecule is CC(Cc1ccccc1)(c1ccc(O)cc1)c1ccc(O)cc1.Oc1ccc(C(c2ccc(O)cc2)(C(F)(F)F)C(F)(F)F)cc1. The highest BCUT2D eigenvalue weighted by atomic mass is 19.4. The molecule has 0 aliphatic carbocycles. The first-order valence-corrected chi connectivity index (χ1v) is 13.9. The first-order chi connectivity index (χ1) is 21.6. The molecule has 5 rings (SSSR count). The topological polar surface area (TPSA) is 80.9 Å². The van der Waals surface area contributed by atoms with Crippen molar-refractivity contribution in [1.82, 2.24) is 0 Å². The molecule has 0 saturated carbocycles. The van der Waals surface area contributed by atoms with Crippen LogP contribution in [0.5, 0.6) is 23.0 Å². The Kier molecular flexibility index (Phi) is 9.60. The van der Waals surface area contributed by atoms with Crippen LogP contribution < -0.4 is 0 Å². The normalized spacial score (nSPS) is 12.2. The maximum absolute atomic E-state index is 13.6. The van der Waals surface area contributed by atoms with Crippen LogP contribution in [0, 0.1) is 0 Å². The average molecular weight is 641 g/mol. The Bertz CT molecular complexity index is 1590. The van der Waals surface area contributed by atoms with E-state index in [1.165, 1.54) is 5.56 Å². The molecule has 0 aromatic heterocycles. The lowest BCUT2D eigenvalue weighted by Gasteiger charge is -2.38. The van der Waals surface area contributed by atoms with Crippen LogP contribution in [0.1, 0.15) is 34.7 Å². The fraction of sp³-hybridized carbons (Fsp3) is 0.167. The fourth-order valence-corrected chi connectivity index (χ4v) is 5.44. The zero-order chi connectivity index (χ0) is 33.8. The number of hydrogen-bond donors (Lipinski definition) is 4. The lowest BCUT2D eigenvalue weighted by molar-refractivity contribution is -0.288. The monoisotopic (exact) mass is 640 g/mol. The summed E-state index contributed by atoms with van der Waals surface area (Å²) in [5, 5.41) is 37.5. The van der Waals surface area contributed by atoms with Crippen molar-refractivity contribution in [3.63, 3.8) is 0 Å². The molecule has 46 heavy (non-hydrogen) atoms. The molecule has 0 bridgehead atoms. The van der Waals surface area contributed by atoms with Gasteiger partial charge in [0.05, 0.1) is 0 Å². The van der Waals surface area contributed by atoms with Gasteiger partial charge in [0.1, 0.15) is 23.0 Å². The maximum Gasteiger partial charge on any atom is 0.411 e. The lowest BCUT2D eigenvalue weighted by Crippen LogP contribution is -2.54. The molecule has 0 spiro atoms. The molecular formula is C36H30F6O4. The second-order valence-electron chi connectivity index (χ2n) is 10.9. The zero-order valence-corrected chi connectivity index (χ0v) is 24.4. The lowest BCUT2D eigenvalue weighted by atomic mass is 9.72. The summed E-state index contributed by atoms with van der Waals surface area (Å²) in [7, 11) is 0.